The zero-order valence-corrected chi connectivity index (χ0v) is 12.4. The molecule has 0 bridgehead atoms. The Kier molecular flexibility index (Phi) is 4.35. The highest BCUT2D eigenvalue weighted by Gasteiger charge is 2.40. The lowest BCUT2D eigenvalue weighted by atomic mass is 9.65. The zero-order chi connectivity index (χ0) is 14.5. The van der Waals surface area contributed by atoms with E-state index in [1.54, 1.807) is 12.4 Å². The van der Waals surface area contributed by atoms with Crippen molar-refractivity contribution in [2.75, 3.05) is 0 Å². The SMILES string of the molecule is OC(Cc1ccncc1)C1(c2ccccc2)CCCCC1. The number of hydrogen-bond donors (Lipinski definition) is 1. The van der Waals surface area contributed by atoms with Crippen molar-refractivity contribution in [3.63, 3.8) is 0 Å². The second kappa shape index (κ2) is 6.40. The Labute approximate surface area is 126 Å². The minimum atomic E-state index is -0.331. The summed E-state index contributed by atoms with van der Waals surface area (Å²) in [6.07, 6.45) is 9.86. The van der Waals surface area contributed by atoms with Crippen molar-refractivity contribution < 1.29 is 5.11 Å². The van der Waals surface area contributed by atoms with Gasteiger partial charge in [0, 0.05) is 17.8 Å². The molecule has 2 nitrogen and oxygen atoms in total. The average Bonchev–Trinajstić information content (AvgIpc) is 2.57. The Balaban J connectivity index is 1.88. The molecule has 0 amide bonds. The van der Waals surface area contributed by atoms with Crippen LogP contribution in [0.25, 0.3) is 0 Å². The molecule has 21 heavy (non-hydrogen) atoms. The van der Waals surface area contributed by atoms with Gasteiger partial charge in [-0.05, 0) is 42.5 Å². The number of aliphatic hydroxyl groups excluding tert-OH is 1. The van der Waals surface area contributed by atoms with E-state index in [1.165, 1.54) is 30.4 Å². The third-order valence-electron chi connectivity index (χ3n) is 4.91. The van der Waals surface area contributed by atoms with E-state index in [9.17, 15) is 5.11 Å². The lowest BCUT2D eigenvalue weighted by molar-refractivity contribution is 0.0539. The van der Waals surface area contributed by atoms with Gasteiger partial charge in [-0.15, -0.1) is 0 Å². The fourth-order valence-electron chi connectivity index (χ4n) is 3.70. The minimum absolute atomic E-state index is 0.0806. The van der Waals surface area contributed by atoms with Gasteiger partial charge >= 0.3 is 0 Å². The molecule has 1 saturated carbocycles. The summed E-state index contributed by atoms with van der Waals surface area (Å²) in [6, 6.07) is 14.6. The number of rotatable bonds is 4. The molecule has 1 heterocycles. The smallest absolute Gasteiger partial charge is 0.0677 e. The van der Waals surface area contributed by atoms with Gasteiger partial charge in [-0.1, -0.05) is 49.6 Å². The van der Waals surface area contributed by atoms with Gasteiger partial charge in [0.2, 0.25) is 0 Å². The highest BCUT2D eigenvalue weighted by atomic mass is 16.3. The van der Waals surface area contributed by atoms with Crippen LogP contribution in [-0.2, 0) is 11.8 Å². The van der Waals surface area contributed by atoms with Crippen molar-refractivity contribution in [1.29, 1.82) is 0 Å². The van der Waals surface area contributed by atoms with Crippen LogP contribution in [0.5, 0.6) is 0 Å². The second-order valence-electron chi connectivity index (χ2n) is 6.16. The highest BCUT2D eigenvalue weighted by Crippen LogP contribution is 2.43. The molecule has 110 valence electrons. The molecule has 1 aliphatic rings. The Morgan fingerprint density at radius 3 is 2.29 bits per heavy atom. The summed E-state index contributed by atoms with van der Waals surface area (Å²) in [5, 5.41) is 11.0. The van der Waals surface area contributed by atoms with Crippen LogP contribution in [0.1, 0.15) is 43.2 Å². The number of aliphatic hydroxyl groups is 1. The molecule has 0 radical (unpaired) electrons. The van der Waals surface area contributed by atoms with Crippen LogP contribution in [0.2, 0.25) is 0 Å². The van der Waals surface area contributed by atoms with E-state index < -0.39 is 0 Å². The Hall–Kier alpha value is -1.67. The molecule has 1 aromatic carbocycles. The molecule has 1 N–H and O–H groups in total. The quantitative estimate of drug-likeness (QED) is 0.922. The summed E-state index contributed by atoms with van der Waals surface area (Å²) in [5.74, 6) is 0. The summed E-state index contributed by atoms with van der Waals surface area (Å²) in [4.78, 5) is 4.06. The van der Waals surface area contributed by atoms with Crippen LogP contribution in [0, 0.1) is 0 Å². The minimum Gasteiger partial charge on any atom is -0.392 e. The van der Waals surface area contributed by atoms with Gasteiger partial charge in [-0.3, -0.25) is 4.98 Å². The first-order valence-electron chi connectivity index (χ1n) is 7.94. The second-order valence-corrected chi connectivity index (χ2v) is 6.16. The van der Waals surface area contributed by atoms with Crippen LogP contribution in [0.3, 0.4) is 0 Å². The summed E-state index contributed by atoms with van der Waals surface area (Å²) < 4.78 is 0. The lowest BCUT2D eigenvalue weighted by Gasteiger charge is -2.42. The summed E-state index contributed by atoms with van der Waals surface area (Å²) in [6.45, 7) is 0. The Bertz CT molecular complexity index is 546. The van der Waals surface area contributed by atoms with Crippen LogP contribution in [0.15, 0.2) is 54.9 Å². The van der Waals surface area contributed by atoms with Crippen molar-refractivity contribution in [2.24, 2.45) is 0 Å². The molecule has 0 aliphatic heterocycles. The molecular formula is C19H23NO. The van der Waals surface area contributed by atoms with Gasteiger partial charge in [0.1, 0.15) is 0 Å². The zero-order valence-electron chi connectivity index (χ0n) is 12.4. The maximum atomic E-state index is 11.0. The molecule has 0 saturated heterocycles. The van der Waals surface area contributed by atoms with Crippen molar-refractivity contribution in [3.8, 4) is 0 Å². The van der Waals surface area contributed by atoms with E-state index in [2.05, 4.69) is 35.3 Å². The highest BCUT2D eigenvalue weighted by molar-refractivity contribution is 5.29. The summed E-state index contributed by atoms with van der Waals surface area (Å²) in [5.41, 5.74) is 2.38. The van der Waals surface area contributed by atoms with Gasteiger partial charge in [0.25, 0.3) is 0 Å². The molecular weight excluding hydrogens is 258 g/mol. The molecule has 1 aliphatic carbocycles. The number of aromatic nitrogens is 1. The van der Waals surface area contributed by atoms with E-state index in [0.29, 0.717) is 6.42 Å². The van der Waals surface area contributed by atoms with Crippen LogP contribution in [0.4, 0.5) is 0 Å². The van der Waals surface area contributed by atoms with E-state index in [0.717, 1.165) is 12.8 Å². The first-order valence-corrected chi connectivity index (χ1v) is 7.94. The summed E-state index contributed by atoms with van der Waals surface area (Å²) in [7, 11) is 0. The monoisotopic (exact) mass is 281 g/mol. The molecule has 2 aromatic rings. The molecule has 2 heteroatoms. The normalized spacial score (nSPS) is 19.1. The molecule has 1 aromatic heterocycles. The molecule has 1 fully saturated rings. The van der Waals surface area contributed by atoms with Crippen molar-refractivity contribution in [3.05, 3.63) is 66.0 Å². The largest absolute Gasteiger partial charge is 0.392 e. The standard InChI is InChI=1S/C19H23NO/c21-18(15-16-9-13-20-14-10-16)19(11-5-2-6-12-19)17-7-3-1-4-8-17/h1,3-4,7-10,13-14,18,21H,2,5-6,11-12,15H2. The van der Waals surface area contributed by atoms with E-state index >= 15 is 0 Å². The van der Waals surface area contributed by atoms with Gasteiger partial charge < -0.3 is 5.11 Å². The van der Waals surface area contributed by atoms with Gasteiger partial charge in [-0.2, -0.15) is 0 Å². The summed E-state index contributed by atoms with van der Waals surface area (Å²) >= 11 is 0. The van der Waals surface area contributed by atoms with Crippen molar-refractivity contribution >= 4 is 0 Å². The number of benzene rings is 1. The van der Waals surface area contributed by atoms with Crippen molar-refractivity contribution in [2.45, 2.75) is 50.0 Å². The van der Waals surface area contributed by atoms with Gasteiger partial charge in [-0.25, -0.2) is 0 Å². The van der Waals surface area contributed by atoms with Crippen molar-refractivity contribution in [1.82, 2.24) is 4.98 Å². The number of pyridine rings is 1. The lowest BCUT2D eigenvalue weighted by Crippen LogP contribution is -2.42. The fourth-order valence-corrected chi connectivity index (χ4v) is 3.70. The Morgan fingerprint density at radius 2 is 1.62 bits per heavy atom. The molecule has 3 rings (SSSR count). The van der Waals surface area contributed by atoms with E-state index in [4.69, 9.17) is 0 Å². The fraction of sp³-hybridized carbons (Fsp3) is 0.421. The topological polar surface area (TPSA) is 33.1 Å². The number of nitrogens with zero attached hydrogens (tertiary/aromatic N) is 1. The van der Waals surface area contributed by atoms with Crippen LogP contribution >= 0.6 is 0 Å². The molecule has 1 atom stereocenters. The predicted octanol–water partition coefficient (Wildman–Crippen LogP) is 3.89. The number of hydrogen-bond acceptors (Lipinski definition) is 2. The predicted molar refractivity (Wildman–Crippen MR) is 85.2 cm³/mol. The maximum Gasteiger partial charge on any atom is 0.0677 e. The Morgan fingerprint density at radius 1 is 0.952 bits per heavy atom. The van der Waals surface area contributed by atoms with E-state index in [-0.39, 0.29) is 11.5 Å². The first-order chi connectivity index (χ1) is 10.3. The first kappa shape index (κ1) is 14.3. The van der Waals surface area contributed by atoms with Crippen LogP contribution < -0.4 is 0 Å². The van der Waals surface area contributed by atoms with E-state index in [1.807, 2.05) is 12.1 Å². The molecule has 1 unspecified atom stereocenters. The maximum absolute atomic E-state index is 11.0. The third kappa shape index (κ3) is 3.01. The van der Waals surface area contributed by atoms with Gasteiger partial charge in [0.05, 0.1) is 6.10 Å². The molecule has 0 spiro atoms. The van der Waals surface area contributed by atoms with Gasteiger partial charge in [0.15, 0.2) is 0 Å². The van der Waals surface area contributed by atoms with Crippen LogP contribution in [-0.4, -0.2) is 16.2 Å². The average molecular weight is 281 g/mol. The third-order valence-corrected chi connectivity index (χ3v) is 4.91.